The SMILES string of the molecule is CCCCCc1nc2ccccc2c(=O)n1-c1ccc(C)cc1. The first-order valence-electron chi connectivity index (χ1n) is 8.28. The van der Waals surface area contributed by atoms with Crippen LogP contribution >= 0.6 is 0 Å². The molecule has 2 aromatic carbocycles. The van der Waals surface area contributed by atoms with E-state index in [4.69, 9.17) is 4.98 Å². The zero-order valence-electron chi connectivity index (χ0n) is 13.7. The summed E-state index contributed by atoms with van der Waals surface area (Å²) in [6.45, 7) is 4.23. The van der Waals surface area contributed by atoms with Crippen LogP contribution < -0.4 is 5.56 Å². The Bertz CT molecular complexity index is 863. The molecule has 3 rings (SSSR count). The minimum atomic E-state index is 0.0194. The average Bonchev–Trinajstić information content (AvgIpc) is 2.57. The van der Waals surface area contributed by atoms with E-state index in [9.17, 15) is 4.79 Å². The highest BCUT2D eigenvalue weighted by atomic mass is 16.1. The second-order valence-corrected chi connectivity index (χ2v) is 5.98. The predicted molar refractivity (Wildman–Crippen MR) is 95.3 cm³/mol. The molecule has 0 aliphatic heterocycles. The van der Waals surface area contributed by atoms with E-state index in [1.807, 2.05) is 55.5 Å². The Hall–Kier alpha value is -2.42. The van der Waals surface area contributed by atoms with Crippen molar-refractivity contribution in [2.75, 3.05) is 0 Å². The van der Waals surface area contributed by atoms with E-state index in [1.165, 1.54) is 5.56 Å². The molecule has 23 heavy (non-hydrogen) atoms. The number of aryl methyl sites for hydroxylation is 2. The van der Waals surface area contributed by atoms with Crippen LogP contribution in [0.25, 0.3) is 16.6 Å². The van der Waals surface area contributed by atoms with Gasteiger partial charge in [-0.15, -0.1) is 0 Å². The highest BCUT2D eigenvalue weighted by Crippen LogP contribution is 2.15. The molecule has 1 heterocycles. The van der Waals surface area contributed by atoms with Crippen molar-refractivity contribution in [3.8, 4) is 5.69 Å². The van der Waals surface area contributed by atoms with Crippen LogP contribution in [-0.2, 0) is 6.42 Å². The average molecular weight is 306 g/mol. The molecule has 0 atom stereocenters. The second kappa shape index (κ2) is 6.78. The molecule has 0 saturated carbocycles. The topological polar surface area (TPSA) is 34.9 Å². The molecule has 3 heteroatoms. The monoisotopic (exact) mass is 306 g/mol. The Kier molecular flexibility index (Phi) is 4.56. The van der Waals surface area contributed by atoms with Crippen molar-refractivity contribution in [2.24, 2.45) is 0 Å². The molecule has 118 valence electrons. The van der Waals surface area contributed by atoms with Crippen LogP contribution in [0, 0.1) is 6.92 Å². The number of benzene rings is 2. The first-order chi connectivity index (χ1) is 11.2. The fourth-order valence-corrected chi connectivity index (χ4v) is 2.84. The van der Waals surface area contributed by atoms with Crippen LogP contribution in [-0.4, -0.2) is 9.55 Å². The smallest absolute Gasteiger partial charge is 0.265 e. The first kappa shape index (κ1) is 15.5. The molecule has 0 bridgehead atoms. The molecular weight excluding hydrogens is 284 g/mol. The Labute approximate surface area is 136 Å². The summed E-state index contributed by atoms with van der Waals surface area (Å²) in [7, 11) is 0. The van der Waals surface area contributed by atoms with Gasteiger partial charge in [0.05, 0.1) is 16.6 Å². The summed E-state index contributed by atoms with van der Waals surface area (Å²) in [6, 6.07) is 15.7. The second-order valence-electron chi connectivity index (χ2n) is 5.98. The number of para-hydroxylation sites is 1. The molecule has 3 nitrogen and oxygen atoms in total. The van der Waals surface area contributed by atoms with Crippen molar-refractivity contribution in [1.82, 2.24) is 9.55 Å². The number of nitrogens with zero attached hydrogens (tertiary/aromatic N) is 2. The van der Waals surface area contributed by atoms with Gasteiger partial charge in [0.2, 0.25) is 0 Å². The van der Waals surface area contributed by atoms with Gasteiger partial charge in [-0.25, -0.2) is 4.98 Å². The van der Waals surface area contributed by atoms with E-state index >= 15 is 0 Å². The van der Waals surface area contributed by atoms with Crippen LogP contribution in [0.1, 0.15) is 37.6 Å². The summed E-state index contributed by atoms with van der Waals surface area (Å²) < 4.78 is 1.78. The molecule has 0 unspecified atom stereocenters. The number of aromatic nitrogens is 2. The molecule has 0 spiro atoms. The molecule has 0 aliphatic rings. The van der Waals surface area contributed by atoms with Crippen molar-refractivity contribution >= 4 is 10.9 Å². The molecule has 0 radical (unpaired) electrons. The fraction of sp³-hybridized carbons (Fsp3) is 0.300. The van der Waals surface area contributed by atoms with Gasteiger partial charge in [0.25, 0.3) is 5.56 Å². The zero-order chi connectivity index (χ0) is 16.2. The lowest BCUT2D eigenvalue weighted by Crippen LogP contribution is -2.24. The predicted octanol–water partition coefficient (Wildman–Crippen LogP) is 4.43. The van der Waals surface area contributed by atoms with Gasteiger partial charge in [-0.2, -0.15) is 0 Å². The summed E-state index contributed by atoms with van der Waals surface area (Å²) in [5.41, 5.74) is 2.88. The molecule has 0 N–H and O–H groups in total. The van der Waals surface area contributed by atoms with Crippen molar-refractivity contribution in [2.45, 2.75) is 39.5 Å². The summed E-state index contributed by atoms with van der Waals surface area (Å²) in [4.78, 5) is 17.8. The number of rotatable bonds is 5. The van der Waals surface area contributed by atoms with Crippen LogP contribution in [0.2, 0.25) is 0 Å². The number of unbranched alkanes of at least 4 members (excludes halogenated alkanes) is 2. The summed E-state index contributed by atoms with van der Waals surface area (Å²) >= 11 is 0. The number of fused-ring (bicyclic) bond motifs is 1. The summed E-state index contributed by atoms with van der Waals surface area (Å²) in [6.07, 6.45) is 4.17. The molecule has 0 saturated heterocycles. The van der Waals surface area contributed by atoms with E-state index in [2.05, 4.69) is 6.92 Å². The van der Waals surface area contributed by atoms with Crippen LogP contribution in [0.15, 0.2) is 53.3 Å². The minimum absolute atomic E-state index is 0.0194. The first-order valence-corrected chi connectivity index (χ1v) is 8.28. The van der Waals surface area contributed by atoms with Gasteiger partial charge in [-0.1, -0.05) is 49.6 Å². The number of hydrogen-bond donors (Lipinski definition) is 0. The minimum Gasteiger partial charge on any atom is -0.268 e. The lowest BCUT2D eigenvalue weighted by atomic mass is 10.1. The maximum atomic E-state index is 13.0. The van der Waals surface area contributed by atoms with Crippen LogP contribution in [0.4, 0.5) is 0 Å². The lowest BCUT2D eigenvalue weighted by Gasteiger charge is -2.14. The third kappa shape index (κ3) is 3.19. The molecule has 1 aromatic heterocycles. The third-order valence-electron chi connectivity index (χ3n) is 4.14. The van der Waals surface area contributed by atoms with Crippen molar-refractivity contribution < 1.29 is 0 Å². The molecule has 0 aliphatic carbocycles. The Morgan fingerprint density at radius 1 is 1.00 bits per heavy atom. The van der Waals surface area contributed by atoms with Crippen molar-refractivity contribution in [1.29, 1.82) is 0 Å². The Balaban J connectivity index is 2.19. The summed E-state index contributed by atoms with van der Waals surface area (Å²) in [5.74, 6) is 0.853. The lowest BCUT2D eigenvalue weighted by molar-refractivity contribution is 0.676. The van der Waals surface area contributed by atoms with E-state index in [1.54, 1.807) is 4.57 Å². The van der Waals surface area contributed by atoms with Gasteiger partial charge in [0.15, 0.2) is 0 Å². The molecule has 3 aromatic rings. The highest BCUT2D eigenvalue weighted by Gasteiger charge is 2.12. The van der Waals surface area contributed by atoms with Gasteiger partial charge in [-0.3, -0.25) is 9.36 Å². The molecular formula is C20H22N2O. The Morgan fingerprint density at radius 3 is 2.48 bits per heavy atom. The molecule has 0 fully saturated rings. The van der Waals surface area contributed by atoms with Gasteiger partial charge in [0, 0.05) is 6.42 Å². The van der Waals surface area contributed by atoms with Crippen molar-refractivity contribution in [3.05, 3.63) is 70.3 Å². The quantitative estimate of drug-likeness (QED) is 0.654. The normalized spacial score (nSPS) is 11.0. The van der Waals surface area contributed by atoms with Crippen LogP contribution in [0.5, 0.6) is 0 Å². The van der Waals surface area contributed by atoms with Gasteiger partial charge >= 0.3 is 0 Å². The van der Waals surface area contributed by atoms with E-state index < -0.39 is 0 Å². The number of hydrogen-bond acceptors (Lipinski definition) is 2. The summed E-state index contributed by atoms with van der Waals surface area (Å²) in [5, 5.41) is 0.673. The standard InChI is InChI=1S/C20H22N2O/c1-3-4-5-10-19-21-18-9-7-6-8-17(18)20(23)22(19)16-13-11-15(2)12-14-16/h6-9,11-14H,3-5,10H2,1-2H3. The van der Waals surface area contributed by atoms with E-state index in [0.717, 1.165) is 42.7 Å². The zero-order valence-corrected chi connectivity index (χ0v) is 13.7. The third-order valence-corrected chi connectivity index (χ3v) is 4.14. The highest BCUT2D eigenvalue weighted by molar-refractivity contribution is 5.77. The van der Waals surface area contributed by atoms with Crippen LogP contribution in [0.3, 0.4) is 0 Å². The maximum absolute atomic E-state index is 13.0. The van der Waals surface area contributed by atoms with Gasteiger partial charge < -0.3 is 0 Å². The van der Waals surface area contributed by atoms with E-state index in [-0.39, 0.29) is 5.56 Å². The maximum Gasteiger partial charge on any atom is 0.265 e. The molecule has 0 amide bonds. The Morgan fingerprint density at radius 2 is 1.74 bits per heavy atom. The van der Waals surface area contributed by atoms with Crippen molar-refractivity contribution in [3.63, 3.8) is 0 Å². The largest absolute Gasteiger partial charge is 0.268 e. The fourth-order valence-electron chi connectivity index (χ4n) is 2.84. The van der Waals surface area contributed by atoms with Gasteiger partial charge in [0.1, 0.15) is 5.82 Å². The van der Waals surface area contributed by atoms with E-state index in [0.29, 0.717) is 5.39 Å². The van der Waals surface area contributed by atoms with Gasteiger partial charge in [-0.05, 0) is 37.6 Å².